The van der Waals surface area contributed by atoms with E-state index in [9.17, 15) is 9.59 Å². The van der Waals surface area contributed by atoms with Gasteiger partial charge in [0, 0.05) is 25.0 Å². The van der Waals surface area contributed by atoms with Gasteiger partial charge in [-0.25, -0.2) is 0 Å². The van der Waals surface area contributed by atoms with Gasteiger partial charge < -0.3 is 10.0 Å². The fourth-order valence-electron chi connectivity index (χ4n) is 1.72. The van der Waals surface area contributed by atoms with Crippen molar-refractivity contribution >= 4 is 23.5 Å². The molecular weight excluding hydrogens is 266 g/mol. The minimum absolute atomic E-state index is 0.0759. The summed E-state index contributed by atoms with van der Waals surface area (Å²) in [6.45, 7) is 1.80. The molecule has 19 heavy (non-hydrogen) atoms. The van der Waals surface area contributed by atoms with Gasteiger partial charge in [0.15, 0.2) is 0 Å². The smallest absolute Gasteiger partial charge is 0.308 e. The van der Waals surface area contributed by atoms with Crippen molar-refractivity contribution in [1.29, 1.82) is 0 Å². The maximum atomic E-state index is 11.9. The number of halogens is 1. The Hall–Kier alpha value is -1.55. The quantitative estimate of drug-likeness (QED) is 0.872. The van der Waals surface area contributed by atoms with Gasteiger partial charge in [-0.05, 0) is 18.1 Å². The Kier molecular flexibility index (Phi) is 5.83. The molecule has 1 N–H and O–H groups in total. The van der Waals surface area contributed by atoms with E-state index >= 15 is 0 Å². The third-order valence-corrected chi connectivity index (χ3v) is 3.33. The average molecular weight is 284 g/mol. The maximum Gasteiger partial charge on any atom is 0.308 e. The first-order chi connectivity index (χ1) is 8.91. The number of hydrogen-bond acceptors (Lipinski definition) is 2. The highest BCUT2D eigenvalue weighted by molar-refractivity contribution is 6.31. The van der Waals surface area contributed by atoms with E-state index in [2.05, 4.69) is 0 Å². The van der Waals surface area contributed by atoms with Gasteiger partial charge in [-0.15, -0.1) is 0 Å². The highest BCUT2D eigenvalue weighted by Crippen LogP contribution is 2.17. The van der Waals surface area contributed by atoms with Crippen LogP contribution in [0.2, 0.25) is 5.02 Å². The summed E-state index contributed by atoms with van der Waals surface area (Å²) in [6, 6.07) is 7.39. The molecule has 1 amide bonds. The predicted octanol–water partition coefficient (Wildman–Crippen LogP) is 2.45. The third kappa shape index (κ3) is 4.91. The van der Waals surface area contributed by atoms with E-state index < -0.39 is 11.9 Å². The lowest BCUT2D eigenvalue weighted by atomic mass is 10.1. The molecule has 104 valence electrons. The van der Waals surface area contributed by atoms with Crippen molar-refractivity contribution in [2.24, 2.45) is 5.92 Å². The molecule has 5 heteroatoms. The van der Waals surface area contributed by atoms with Crippen LogP contribution in [0.1, 0.15) is 18.9 Å². The Morgan fingerprint density at radius 2 is 2.00 bits per heavy atom. The second kappa shape index (κ2) is 7.14. The average Bonchev–Trinajstić information content (AvgIpc) is 2.37. The van der Waals surface area contributed by atoms with E-state index in [4.69, 9.17) is 16.7 Å². The number of carbonyl (C=O) groups excluding carboxylic acids is 1. The summed E-state index contributed by atoms with van der Waals surface area (Å²) < 4.78 is 0. The van der Waals surface area contributed by atoms with Gasteiger partial charge in [-0.2, -0.15) is 0 Å². The fraction of sp³-hybridized carbons (Fsp3) is 0.429. The number of benzene rings is 1. The molecule has 0 heterocycles. The number of carboxylic acid groups (broad SMARTS) is 1. The molecule has 4 nitrogen and oxygen atoms in total. The first-order valence-corrected chi connectivity index (χ1v) is 6.49. The second-order valence-electron chi connectivity index (χ2n) is 4.60. The molecule has 0 aliphatic carbocycles. The van der Waals surface area contributed by atoms with Crippen LogP contribution in [0.15, 0.2) is 24.3 Å². The molecule has 1 rings (SSSR count). The molecule has 0 aromatic heterocycles. The summed E-state index contributed by atoms with van der Waals surface area (Å²) >= 11 is 6.01. The van der Waals surface area contributed by atoms with Crippen molar-refractivity contribution in [3.8, 4) is 0 Å². The first-order valence-electron chi connectivity index (χ1n) is 6.12. The Morgan fingerprint density at radius 1 is 1.37 bits per heavy atom. The van der Waals surface area contributed by atoms with E-state index in [1.54, 1.807) is 20.0 Å². The van der Waals surface area contributed by atoms with E-state index in [1.807, 2.05) is 18.2 Å². The zero-order valence-electron chi connectivity index (χ0n) is 11.1. The van der Waals surface area contributed by atoms with E-state index in [1.165, 1.54) is 4.90 Å². The van der Waals surface area contributed by atoms with Gasteiger partial charge in [-0.1, -0.05) is 36.7 Å². The van der Waals surface area contributed by atoms with Gasteiger partial charge in [0.25, 0.3) is 0 Å². The Labute approximate surface area is 118 Å². The van der Waals surface area contributed by atoms with Crippen LogP contribution in [-0.4, -0.2) is 35.5 Å². The van der Waals surface area contributed by atoms with Gasteiger partial charge >= 0.3 is 5.97 Å². The molecule has 0 saturated heterocycles. The molecule has 0 aliphatic rings. The molecule has 1 atom stereocenters. The molecule has 1 aromatic rings. The zero-order chi connectivity index (χ0) is 14.4. The predicted molar refractivity (Wildman–Crippen MR) is 74.2 cm³/mol. The Balaban J connectivity index is 2.47. The highest BCUT2D eigenvalue weighted by Gasteiger charge is 2.17. The van der Waals surface area contributed by atoms with Gasteiger partial charge in [0.2, 0.25) is 5.91 Å². The molecule has 0 bridgehead atoms. The van der Waals surface area contributed by atoms with Crippen molar-refractivity contribution in [3.05, 3.63) is 34.9 Å². The Bertz CT molecular complexity index is 462. The van der Waals surface area contributed by atoms with Gasteiger partial charge in [0.1, 0.15) is 0 Å². The molecule has 1 unspecified atom stereocenters. The summed E-state index contributed by atoms with van der Waals surface area (Å²) in [5.74, 6) is -1.53. The first kappa shape index (κ1) is 15.5. The molecule has 0 aliphatic heterocycles. The summed E-state index contributed by atoms with van der Waals surface area (Å²) in [6.07, 6.45) is 0.886. The fourth-order valence-corrected chi connectivity index (χ4v) is 1.95. The normalized spacial score (nSPS) is 11.9. The molecular formula is C14H18ClNO3. The number of amides is 1. The number of aliphatic carboxylic acids is 1. The van der Waals surface area contributed by atoms with Crippen LogP contribution < -0.4 is 0 Å². The lowest BCUT2D eigenvalue weighted by Crippen LogP contribution is -2.33. The minimum Gasteiger partial charge on any atom is -0.481 e. The number of hydrogen-bond donors (Lipinski definition) is 1. The van der Waals surface area contributed by atoms with Crippen LogP contribution in [0.25, 0.3) is 0 Å². The van der Waals surface area contributed by atoms with Crippen LogP contribution in [0.3, 0.4) is 0 Å². The van der Waals surface area contributed by atoms with Crippen molar-refractivity contribution < 1.29 is 14.7 Å². The minimum atomic E-state index is -0.897. The molecule has 0 fully saturated rings. The maximum absolute atomic E-state index is 11.9. The van der Waals surface area contributed by atoms with Crippen LogP contribution in [0.5, 0.6) is 0 Å². The summed E-state index contributed by atoms with van der Waals surface area (Å²) in [5, 5.41) is 9.45. The third-order valence-electron chi connectivity index (χ3n) is 2.96. The number of carbonyl (C=O) groups is 2. The summed E-state index contributed by atoms with van der Waals surface area (Å²) in [7, 11) is 1.62. The van der Waals surface area contributed by atoms with Crippen molar-refractivity contribution in [2.75, 3.05) is 13.6 Å². The standard InChI is InChI=1S/C14H18ClNO3/c1-10(14(18)19)9-16(2)13(17)8-7-11-5-3-4-6-12(11)15/h3-6,10H,7-9H2,1-2H3,(H,18,19). The second-order valence-corrected chi connectivity index (χ2v) is 5.01. The SMILES string of the molecule is CC(CN(C)C(=O)CCc1ccccc1Cl)C(=O)O. The number of nitrogens with zero attached hydrogens (tertiary/aromatic N) is 1. The lowest BCUT2D eigenvalue weighted by molar-refractivity contribution is -0.142. The van der Waals surface area contributed by atoms with Crippen molar-refractivity contribution in [2.45, 2.75) is 19.8 Å². The molecule has 0 radical (unpaired) electrons. The lowest BCUT2D eigenvalue weighted by Gasteiger charge is -2.19. The monoisotopic (exact) mass is 283 g/mol. The largest absolute Gasteiger partial charge is 0.481 e. The highest BCUT2D eigenvalue weighted by atomic mass is 35.5. The van der Waals surface area contributed by atoms with E-state index in [0.29, 0.717) is 17.9 Å². The summed E-state index contributed by atoms with van der Waals surface area (Å²) in [4.78, 5) is 24.1. The Morgan fingerprint density at radius 3 is 2.58 bits per heavy atom. The van der Waals surface area contributed by atoms with E-state index in [-0.39, 0.29) is 12.5 Å². The molecule has 1 aromatic carbocycles. The number of aryl methyl sites for hydroxylation is 1. The van der Waals surface area contributed by atoms with E-state index in [0.717, 1.165) is 5.56 Å². The van der Waals surface area contributed by atoms with Crippen LogP contribution in [0.4, 0.5) is 0 Å². The van der Waals surface area contributed by atoms with Crippen molar-refractivity contribution in [1.82, 2.24) is 4.90 Å². The summed E-state index contributed by atoms with van der Waals surface area (Å²) in [5.41, 5.74) is 0.928. The van der Waals surface area contributed by atoms with Crippen LogP contribution in [-0.2, 0) is 16.0 Å². The zero-order valence-corrected chi connectivity index (χ0v) is 11.9. The molecule has 0 saturated carbocycles. The van der Waals surface area contributed by atoms with Crippen LogP contribution >= 0.6 is 11.6 Å². The van der Waals surface area contributed by atoms with Crippen LogP contribution in [0, 0.1) is 5.92 Å². The van der Waals surface area contributed by atoms with Gasteiger partial charge in [-0.3, -0.25) is 9.59 Å². The number of rotatable bonds is 6. The number of carboxylic acids is 1. The topological polar surface area (TPSA) is 57.6 Å². The molecule has 0 spiro atoms. The van der Waals surface area contributed by atoms with Crippen molar-refractivity contribution in [3.63, 3.8) is 0 Å². The van der Waals surface area contributed by atoms with Gasteiger partial charge in [0.05, 0.1) is 5.92 Å².